The minimum absolute atomic E-state index is 0.0344. The number of alkyl halides is 2. The van der Waals surface area contributed by atoms with Crippen LogP contribution in [0.3, 0.4) is 0 Å². The third-order valence-corrected chi connectivity index (χ3v) is 3.37. The van der Waals surface area contributed by atoms with Gasteiger partial charge in [-0.15, -0.1) is 0 Å². The van der Waals surface area contributed by atoms with Crippen LogP contribution < -0.4 is 5.73 Å². The number of halogens is 2. The summed E-state index contributed by atoms with van der Waals surface area (Å²) in [6, 6.07) is 6.45. The summed E-state index contributed by atoms with van der Waals surface area (Å²) >= 11 is 0. The first-order valence-electron chi connectivity index (χ1n) is 7.03. The predicted octanol–water partition coefficient (Wildman–Crippen LogP) is 2.98. The van der Waals surface area contributed by atoms with Crippen molar-refractivity contribution in [3.05, 3.63) is 35.4 Å². The van der Waals surface area contributed by atoms with Crippen LogP contribution in [0.2, 0.25) is 0 Å². The van der Waals surface area contributed by atoms with Crippen LogP contribution in [0.15, 0.2) is 24.3 Å². The van der Waals surface area contributed by atoms with Gasteiger partial charge in [0.25, 0.3) is 6.43 Å². The van der Waals surface area contributed by atoms with Crippen LogP contribution in [0.25, 0.3) is 0 Å². The molecule has 0 aliphatic rings. The first-order chi connectivity index (χ1) is 9.63. The van der Waals surface area contributed by atoms with Crippen molar-refractivity contribution in [1.82, 2.24) is 4.90 Å². The summed E-state index contributed by atoms with van der Waals surface area (Å²) in [7, 11) is 0. The van der Waals surface area contributed by atoms with Crippen LogP contribution >= 0.6 is 0 Å². The molecule has 2 N–H and O–H groups in total. The Hall–Kier alpha value is -1.04. The molecule has 1 atom stereocenters. The minimum Gasteiger partial charge on any atom is -0.380 e. The molecule has 0 bridgehead atoms. The van der Waals surface area contributed by atoms with Crippen molar-refractivity contribution in [2.45, 2.75) is 26.3 Å². The van der Waals surface area contributed by atoms with Gasteiger partial charge in [-0.1, -0.05) is 31.2 Å². The Morgan fingerprint density at radius 1 is 1.15 bits per heavy atom. The van der Waals surface area contributed by atoms with Crippen LogP contribution in [-0.2, 0) is 4.74 Å². The molecule has 0 amide bonds. The van der Waals surface area contributed by atoms with Crippen molar-refractivity contribution in [2.24, 2.45) is 5.73 Å². The van der Waals surface area contributed by atoms with E-state index in [2.05, 4.69) is 11.8 Å². The van der Waals surface area contributed by atoms with Gasteiger partial charge in [0.15, 0.2) is 0 Å². The number of ether oxygens (including phenoxy) is 1. The Morgan fingerprint density at radius 2 is 1.75 bits per heavy atom. The number of nitrogens with zero attached hydrogens (tertiary/aromatic N) is 1. The van der Waals surface area contributed by atoms with Crippen molar-refractivity contribution in [3.63, 3.8) is 0 Å². The van der Waals surface area contributed by atoms with E-state index < -0.39 is 6.43 Å². The SMILES string of the molecule is CCOCCN(CC)C(CN)c1ccc(C(F)F)cc1. The van der Waals surface area contributed by atoms with E-state index in [0.29, 0.717) is 19.8 Å². The zero-order valence-corrected chi connectivity index (χ0v) is 12.2. The zero-order chi connectivity index (χ0) is 15.0. The van der Waals surface area contributed by atoms with Crippen LogP contribution in [0.1, 0.15) is 37.4 Å². The van der Waals surface area contributed by atoms with Crippen LogP contribution in [0.4, 0.5) is 8.78 Å². The second-order valence-corrected chi connectivity index (χ2v) is 4.54. The topological polar surface area (TPSA) is 38.5 Å². The van der Waals surface area contributed by atoms with Gasteiger partial charge in [0, 0.05) is 31.3 Å². The van der Waals surface area contributed by atoms with Crippen molar-refractivity contribution in [1.29, 1.82) is 0 Å². The van der Waals surface area contributed by atoms with Crippen molar-refractivity contribution < 1.29 is 13.5 Å². The highest BCUT2D eigenvalue weighted by atomic mass is 19.3. The molecular weight excluding hydrogens is 262 g/mol. The number of rotatable bonds is 9. The zero-order valence-electron chi connectivity index (χ0n) is 12.2. The number of hydrogen-bond donors (Lipinski definition) is 1. The lowest BCUT2D eigenvalue weighted by molar-refractivity contribution is 0.0980. The van der Waals surface area contributed by atoms with E-state index in [1.807, 2.05) is 6.92 Å². The molecule has 0 fully saturated rings. The predicted molar refractivity (Wildman–Crippen MR) is 76.9 cm³/mol. The number of hydrogen-bond acceptors (Lipinski definition) is 3. The second kappa shape index (κ2) is 9.00. The Labute approximate surface area is 119 Å². The maximum atomic E-state index is 12.6. The molecule has 0 aliphatic heterocycles. The molecule has 1 aromatic rings. The van der Waals surface area contributed by atoms with Crippen LogP contribution in [-0.4, -0.2) is 37.7 Å². The summed E-state index contributed by atoms with van der Waals surface area (Å²) in [6.07, 6.45) is -2.43. The van der Waals surface area contributed by atoms with E-state index in [1.54, 1.807) is 12.1 Å². The average Bonchev–Trinajstić information content (AvgIpc) is 2.47. The molecule has 1 unspecified atom stereocenters. The lowest BCUT2D eigenvalue weighted by Crippen LogP contribution is -2.36. The molecule has 1 rings (SSSR count). The van der Waals surface area contributed by atoms with E-state index >= 15 is 0 Å². The molecule has 114 valence electrons. The summed E-state index contributed by atoms with van der Waals surface area (Å²) in [5, 5.41) is 0. The van der Waals surface area contributed by atoms with Gasteiger partial charge in [0.1, 0.15) is 0 Å². The van der Waals surface area contributed by atoms with E-state index in [1.165, 1.54) is 12.1 Å². The van der Waals surface area contributed by atoms with Gasteiger partial charge in [-0.3, -0.25) is 4.90 Å². The molecule has 0 spiro atoms. The van der Waals surface area contributed by atoms with Gasteiger partial charge in [-0.05, 0) is 19.0 Å². The molecule has 0 saturated heterocycles. The van der Waals surface area contributed by atoms with Crippen LogP contribution in [0, 0.1) is 0 Å². The summed E-state index contributed by atoms with van der Waals surface area (Å²) in [6.45, 7) is 7.42. The highest BCUT2D eigenvalue weighted by Gasteiger charge is 2.18. The lowest BCUT2D eigenvalue weighted by Gasteiger charge is -2.30. The van der Waals surface area contributed by atoms with Crippen molar-refractivity contribution in [3.8, 4) is 0 Å². The summed E-state index contributed by atoms with van der Waals surface area (Å²) in [4.78, 5) is 2.20. The summed E-state index contributed by atoms with van der Waals surface area (Å²) < 4.78 is 30.5. The molecule has 3 nitrogen and oxygen atoms in total. The quantitative estimate of drug-likeness (QED) is 0.709. The van der Waals surface area contributed by atoms with Gasteiger partial charge in [0.05, 0.1) is 6.61 Å². The Kier molecular flexibility index (Phi) is 7.65. The largest absolute Gasteiger partial charge is 0.380 e. The smallest absolute Gasteiger partial charge is 0.263 e. The molecule has 0 aliphatic carbocycles. The normalized spacial score (nSPS) is 13.2. The van der Waals surface area contributed by atoms with E-state index in [-0.39, 0.29) is 11.6 Å². The van der Waals surface area contributed by atoms with Gasteiger partial charge in [-0.25, -0.2) is 8.78 Å². The van der Waals surface area contributed by atoms with E-state index in [0.717, 1.165) is 18.7 Å². The highest BCUT2D eigenvalue weighted by Crippen LogP contribution is 2.23. The van der Waals surface area contributed by atoms with Gasteiger partial charge < -0.3 is 10.5 Å². The molecule has 5 heteroatoms. The molecule has 0 heterocycles. The number of likely N-dealkylation sites (N-methyl/N-ethyl adjacent to an activating group) is 1. The first-order valence-corrected chi connectivity index (χ1v) is 7.03. The standard InChI is InChI=1S/C15H24F2N2O/c1-3-19(9-10-20-4-2)14(11-18)12-5-7-13(8-6-12)15(16)17/h5-8,14-15H,3-4,9-11,18H2,1-2H3. The first kappa shape index (κ1) is 17.0. The maximum absolute atomic E-state index is 12.6. The molecular formula is C15H24F2N2O. The lowest BCUT2D eigenvalue weighted by atomic mass is 10.0. The highest BCUT2D eigenvalue weighted by molar-refractivity contribution is 5.26. The molecule has 0 saturated carbocycles. The third-order valence-electron chi connectivity index (χ3n) is 3.37. The monoisotopic (exact) mass is 286 g/mol. The average molecular weight is 286 g/mol. The Balaban J connectivity index is 2.76. The van der Waals surface area contributed by atoms with E-state index in [9.17, 15) is 8.78 Å². The fourth-order valence-corrected chi connectivity index (χ4v) is 2.22. The maximum Gasteiger partial charge on any atom is 0.263 e. The van der Waals surface area contributed by atoms with Gasteiger partial charge in [0.2, 0.25) is 0 Å². The summed E-state index contributed by atoms with van der Waals surface area (Å²) in [5.41, 5.74) is 6.86. The van der Waals surface area contributed by atoms with Crippen molar-refractivity contribution in [2.75, 3.05) is 32.8 Å². The summed E-state index contributed by atoms with van der Waals surface area (Å²) in [5.74, 6) is 0. The van der Waals surface area contributed by atoms with Gasteiger partial charge >= 0.3 is 0 Å². The van der Waals surface area contributed by atoms with Crippen LogP contribution in [0.5, 0.6) is 0 Å². The Bertz CT molecular complexity index is 371. The molecule has 0 radical (unpaired) electrons. The number of nitrogens with two attached hydrogens (primary N) is 1. The second-order valence-electron chi connectivity index (χ2n) is 4.54. The Morgan fingerprint density at radius 3 is 2.20 bits per heavy atom. The van der Waals surface area contributed by atoms with Gasteiger partial charge in [-0.2, -0.15) is 0 Å². The fraction of sp³-hybridized carbons (Fsp3) is 0.600. The van der Waals surface area contributed by atoms with Crippen molar-refractivity contribution >= 4 is 0 Å². The fourth-order valence-electron chi connectivity index (χ4n) is 2.22. The minimum atomic E-state index is -2.43. The molecule has 20 heavy (non-hydrogen) atoms. The number of benzene rings is 1. The van der Waals surface area contributed by atoms with E-state index in [4.69, 9.17) is 10.5 Å². The third kappa shape index (κ3) is 4.81. The molecule has 0 aromatic heterocycles. The molecule has 1 aromatic carbocycles.